The van der Waals surface area contributed by atoms with Crippen LogP contribution >= 0.6 is 0 Å². The van der Waals surface area contributed by atoms with Crippen LogP contribution in [0.1, 0.15) is 11.4 Å². The highest BCUT2D eigenvalue weighted by Crippen LogP contribution is 2.22. The molecule has 0 amide bonds. The molecule has 4 heterocycles. The van der Waals surface area contributed by atoms with Gasteiger partial charge in [-0.15, -0.1) is 12.8 Å². The number of aromatic nitrogens is 7. The van der Waals surface area contributed by atoms with Crippen LogP contribution in [0.2, 0.25) is 0 Å². The molecule has 0 atom stereocenters. The fraction of sp³-hybridized carbons (Fsp3) is 0.0952. The number of pyridine rings is 1. The lowest BCUT2D eigenvalue weighted by atomic mass is 10.2. The predicted molar refractivity (Wildman–Crippen MR) is 113 cm³/mol. The molecule has 1 aromatic carbocycles. The molecular weight excluding hydrogens is 364 g/mol. The summed E-state index contributed by atoms with van der Waals surface area (Å²) in [7, 11) is 0. The molecule has 0 saturated carbocycles. The number of hydrogen-bond donors (Lipinski definition) is 2. The van der Waals surface area contributed by atoms with Gasteiger partial charge in [-0.1, -0.05) is 12.1 Å². The van der Waals surface area contributed by atoms with E-state index in [0.717, 1.165) is 28.2 Å². The maximum atomic E-state index is 4.77. The van der Waals surface area contributed by atoms with E-state index in [1.54, 1.807) is 12.5 Å². The molecule has 0 radical (unpaired) electrons. The van der Waals surface area contributed by atoms with Crippen molar-refractivity contribution in [3.63, 3.8) is 0 Å². The number of anilines is 1. The maximum absolute atomic E-state index is 4.77. The summed E-state index contributed by atoms with van der Waals surface area (Å²) in [6.45, 7) is 2.55. The minimum absolute atomic E-state index is 0.482. The van der Waals surface area contributed by atoms with E-state index in [1.165, 1.54) is 11.9 Å². The predicted octanol–water partition coefficient (Wildman–Crippen LogP) is 3.26. The Morgan fingerprint density at radius 1 is 1.07 bits per heavy atom. The van der Waals surface area contributed by atoms with E-state index in [9.17, 15) is 0 Å². The Morgan fingerprint density at radius 3 is 2.83 bits per heavy atom. The number of terminal acetylenes is 1. The van der Waals surface area contributed by atoms with Crippen LogP contribution in [0.15, 0.2) is 55.2 Å². The Bertz CT molecular complexity index is 1300. The van der Waals surface area contributed by atoms with Gasteiger partial charge in [0.15, 0.2) is 17.1 Å². The first-order valence-electron chi connectivity index (χ1n) is 8.90. The van der Waals surface area contributed by atoms with Gasteiger partial charge in [0.05, 0.1) is 12.9 Å². The van der Waals surface area contributed by atoms with E-state index in [1.807, 2.05) is 18.2 Å². The van der Waals surface area contributed by atoms with Gasteiger partial charge >= 0.3 is 0 Å². The summed E-state index contributed by atoms with van der Waals surface area (Å²) in [6.07, 6.45) is 12.9. The van der Waals surface area contributed by atoms with Crippen molar-refractivity contribution in [2.45, 2.75) is 13.5 Å². The zero-order valence-corrected chi connectivity index (χ0v) is 15.7. The van der Waals surface area contributed by atoms with Crippen LogP contribution in [0, 0.1) is 19.8 Å². The summed E-state index contributed by atoms with van der Waals surface area (Å²) >= 11 is 0. The third-order valence-corrected chi connectivity index (χ3v) is 4.38. The summed E-state index contributed by atoms with van der Waals surface area (Å²) in [5, 5.41) is 3.34. The Balaban J connectivity index is 0.000000994. The zero-order chi connectivity index (χ0) is 20.2. The number of H-pyrrole nitrogens is 1. The van der Waals surface area contributed by atoms with Crippen molar-refractivity contribution >= 4 is 28.1 Å². The summed E-state index contributed by atoms with van der Waals surface area (Å²) in [6, 6.07) is 12.2. The summed E-state index contributed by atoms with van der Waals surface area (Å²) < 4.78 is 2.07. The minimum atomic E-state index is 0.482. The third kappa shape index (κ3) is 3.37. The van der Waals surface area contributed by atoms with E-state index < -0.39 is 0 Å². The number of hydrogen-bond acceptors (Lipinski definition) is 6. The number of rotatable bonds is 4. The van der Waals surface area contributed by atoms with Gasteiger partial charge in [0, 0.05) is 11.9 Å². The highest BCUT2D eigenvalue weighted by Gasteiger charge is 2.14. The van der Waals surface area contributed by atoms with Crippen LogP contribution in [-0.2, 0) is 6.54 Å². The molecular formula is C21H18N8. The molecule has 0 bridgehead atoms. The van der Waals surface area contributed by atoms with Crippen LogP contribution in [0.3, 0.4) is 0 Å². The molecule has 0 saturated heterocycles. The van der Waals surface area contributed by atoms with Gasteiger partial charge in [-0.25, -0.2) is 24.9 Å². The van der Waals surface area contributed by atoms with Gasteiger partial charge in [-0.3, -0.25) is 4.57 Å². The van der Waals surface area contributed by atoms with Crippen molar-refractivity contribution in [2.75, 3.05) is 5.32 Å². The molecule has 2 N–H and O–H groups in total. The fourth-order valence-corrected chi connectivity index (χ4v) is 3.18. The molecule has 4 aromatic heterocycles. The van der Waals surface area contributed by atoms with Gasteiger partial charge in [0.2, 0.25) is 0 Å². The first kappa shape index (κ1) is 18.1. The fourth-order valence-electron chi connectivity index (χ4n) is 3.18. The quantitative estimate of drug-likeness (QED) is 0.463. The van der Waals surface area contributed by atoms with Crippen molar-refractivity contribution < 1.29 is 0 Å². The normalized spacial score (nSPS) is 10.6. The van der Waals surface area contributed by atoms with Gasteiger partial charge in [0.1, 0.15) is 23.2 Å². The largest absolute Gasteiger partial charge is 0.361 e. The Labute approximate surface area is 167 Å². The highest BCUT2D eigenvalue weighted by molar-refractivity contribution is 5.82. The average Bonchev–Trinajstić information content (AvgIpc) is 3.38. The van der Waals surface area contributed by atoms with Crippen LogP contribution in [0.5, 0.6) is 0 Å². The SMILES string of the molecule is C#C.Cc1cccc(-n2c(CNc3ncnc4nc[nH]c34)nc3cccnc32)c1. The topological polar surface area (TPSA) is 97.2 Å². The lowest BCUT2D eigenvalue weighted by Gasteiger charge is -2.11. The van der Waals surface area contributed by atoms with Crippen molar-refractivity contribution in [1.82, 2.24) is 34.5 Å². The highest BCUT2D eigenvalue weighted by atomic mass is 15.2. The summed E-state index contributed by atoms with van der Waals surface area (Å²) in [5.74, 6) is 1.54. The Kier molecular flexibility index (Phi) is 4.86. The number of aromatic amines is 1. The van der Waals surface area contributed by atoms with E-state index in [0.29, 0.717) is 18.0 Å². The van der Waals surface area contributed by atoms with Gasteiger partial charge < -0.3 is 10.3 Å². The van der Waals surface area contributed by atoms with Crippen molar-refractivity contribution in [1.29, 1.82) is 0 Å². The number of imidazole rings is 2. The van der Waals surface area contributed by atoms with Gasteiger partial charge in [0.25, 0.3) is 0 Å². The lowest BCUT2D eigenvalue weighted by molar-refractivity contribution is 0.903. The first-order valence-corrected chi connectivity index (χ1v) is 8.90. The summed E-state index contributed by atoms with van der Waals surface area (Å²) in [4.78, 5) is 25.0. The standard InChI is InChI=1S/C19H16N8.C2H2/c1-12-4-2-5-13(8-12)27-15(26-14-6-3-7-20-19(14)27)9-21-17-16-18(23-10-22-16)25-11-24-17;1-2/h2-8,10-11H,9H2,1H3,(H2,21,22,23,24,25);1-2H. The third-order valence-electron chi connectivity index (χ3n) is 4.38. The second-order valence-corrected chi connectivity index (χ2v) is 6.23. The number of nitrogens with zero attached hydrogens (tertiary/aromatic N) is 6. The zero-order valence-electron chi connectivity index (χ0n) is 15.7. The van der Waals surface area contributed by atoms with Gasteiger partial charge in [-0.2, -0.15) is 0 Å². The molecule has 0 aliphatic carbocycles. The van der Waals surface area contributed by atoms with Crippen LogP contribution in [0.25, 0.3) is 28.0 Å². The molecule has 0 aliphatic heterocycles. The summed E-state index contributed by atoms with van der Waals surface area (Å²) in [5.41, 5.74) is 5.29. The first-order chi connectivity index (χ1) is 14.3. The minimum Gasteiger partial charge on any atom is -0.361 e. The molecule has 142 valence electrons. The van der Waals surface area contributed by atoms with E-state index >= 15 is 0 Å². The van der Waals surface area contributed by atoms with Crippen molar-refractivity contribution in [3.05, 3.63) is 66.6 Å². The Hall–Kier alpha value is -4.25. The van der Waals surface area contributed by atoms with Crippen LogP contribution < -0.4 is 5.32 Å². The number of benzene rings is 1. The van der Waals surface area contributed by atoms with Gasteiger partial charge in [-0.05, 0) is 36.8 Å². The molecule has 8 heteroatoms. The molecule has 0 fully saturated rings. The van der Waals surface area contributed by atoms with E-state index in [2.05, 4.69) is 72.8 Å². The number of fused-ring (bicyclic) bond motifs is 2. The van der Waals surface area contributed by atoms with Crippen molar-refractivity contribution in [2.24, 2.45) is 0 Å². The molecule has 8 nitrogen and oxygen atoms in total. The second-order valence-electron chi connectivity index (χ2n) is 6.23. The lowest BCUT2D eigenvalue weighted by Crippen LogP contribution is -2.09. The van der Waals surface area contributed by atoms with Crippen LogP contribution in [-0.4, -0.2) is 34.5 Å². The molecule has 29 heavy (non-hydrogen) atoms. The number of aryl methyl sites for hydroxylation is 1. The van der Waals surface area contributed by atoms with E-state index in [4.69, 9.17) is 4.98 Å². The molecule has 5 rings (SSSR count). The second kappa shape index (κ2) is 7.78. The average molecular weight is 382 g/mol. The van der Waals surface area contributed by atoms with E-state index in [-0.39, 0.29) is 0 Å². The van der Waals surface area contributed by atoms with Crippen LogP contribution in [0.4, 0.5) is 5.82 Å². The maximum Gasteiger partial charge on any atom is 0.182 e. The molecule has 0 aliphatic rings. The number of nitrogens with one attached hydrogen (secondary N) is 2. The van der Waals surface area contributed by atoms with Crippen molar-refractivity contribution in [3.8, 4) is 18.5 Å². The smallest absolute Gasteiger partial charge is 0.182 e. The Morgan fingerprint density at radius 2 is 1.97 bits per heavy atom. The monoisotopic (exact) mass is 382 g/mol. The molecule has 0 spiro atoms. The molecule has 5 aromatic rings. The molecule has 0 unspecified atom stereocenters.